The number of carbonyl (C=O) groups is 2. The van der Waals surface area contributed by atoms with E-state index in [4.69, 9.17) is 4.74 Å². The second kappa shape index (κ2) is 5.03. The fourth-order valence-electron chi connectivity index (χ4n) is 2.42. The Balaban J connectivity index is 1.52. The average Bonchev–Trinajstić information content (AvgIpc) is 3.15. The Labute approximate surface area is 112 Å². The van der Waals surface area contributed by atoms with Crippen molar-refractivity contribution in [3.63, 3.8) is 0 Å². The molecule has 2 aliphatic rings. The minimum Gasteiger partial charge on any atom is -0.455 e. The maximum absolute atomic E-state index is 11.7. The summed E-state index contributed by atoms with van der Waals surface area (Å²) in [5.74, 6) is -0.483. The van der Waals surface area contributed by atoms with Crippen LogP contribution < -0.4 is 5.32 Å². The summed E-state index contributed by atoms with van der Waals surface area (Å²) in [6, 6.07) is 5.99. The number of amides is 1. The molecule has 1 N–H and O–H groups in total. The zero-order chi connectivity index (χ0) is 13.2. The molecule has 0 saturated heterocycles. The molecule has 0 radical (unpaired) electrons. The first-order valence-electron chi connectivity index (χ1n) is 6.80. The molecule has 3 rings (SSSR count). The van der Waals surface area contributed by atoms with Gasteiger partial charge in [0.25, 0.3) is 5.91 Å². The molecule has 1 saturated carbocycles. The summed E-state index contributed by atoms with van der Waals surface area (Å²) in [5.41, 5.74) is 3.47. The van der Waals surface area contributed by atoms with Crippen molar-refractivity contribution >= 4 is 17.6 Å². The van der Waals surface area contributed by atoms with Crippen LogP contribution in [0.1, 0.15) is 30.4 Å². The SMILES string of the molecule is O=C(COC(=O)C1CC1)Nc1ccc2c(c1)CCC2. The van der Waals surface area contributed by atoms with E-state index in [2.05, 4.69) is 11.4 Å². The fraction of sp³-hybridized carbons (Fsp3) is 0.467. The quantitative estimate of drug-likeness (QED) is 0.842. The molecule has 1 amide bonds. The Morgan fingerprint density at radius 1 is 1.21 bits per heavy atom. The third-order valence-electron chi connectivity index (χ3n) is 3.64. The van der Waals surface area contributed by atoms with Gasteiger partial charge in [-0.25, -0.2) is 0 Å². The number of esters is 1. The van der Waals surface area contributed by atoms with Gasteiger partial charge in [-0.1, -0.05) is 6.07 Å². The first kappa shape index (κ1) is 12.2. The predicted molar refractivity (Wildman–Crippen MR) is 70.8 cm³/mol. The Hall–Kier alpha value is -1.84. The molecular weight excluding hydrogens is 242 g/mol. The second-order valence-corrected chi connectivity index (χ2v) is 5.27. The highest BCUT2D eigenvalue weighted by Crippen LogP contribution is 2.30. The number of aryl methyl sites for hydroxylation is 2. The lowest BCUT2D eigenvalue weighted by molar-refractivity contribution is -0.148. The predicted octanol–water partition coefficient (Wildman–Crippen LogP) is 2.07. The van der Waals surface area contributed by atoms with Gasteiger partial charge in [0.2, 0.25) is 0 Å². The Morgan fingerprint density at radius 2 is 2.00 bits per heavy atom. The molecule has 100 valence electrons. The van der Waals surface area contributed by atoms with Gasteiger partial charge in [0.05, 0.1) is 5.92 Å². The maximum Gasteiger partial charge on any atom is 0.309 e. The van der Waals surface area contributed by atoms with Gasteiger partial charge in [0.1, 0.15) is 0 Å². The van der Waals surface area contributed by atoms with Gasteiger partial charge in [-0.15, -0.1) is 0 Å². The summed E-state index contributed by atoms with van der Waals surface area (Å²) in [6.45, 7) is -0.188. The number of fused-ring (bicyclic) bond motifs is 1. The number of carbonyl (C=O) groups excluding carboxylic acids is 2. The summed E-state index contributed by atoms with van der Waals surface area (Å²) in [5, 5.41) is 2.77. The van der Waals surface area contributed by atoms with Gasteiger partial charge >= 0.3 is 5.97 Å². The molecule has 0 unspecified atom stereocenters. The third kappa shape index (κ3) is 2.95. The molecule has 0 aromatic heterocycles. The first-order chi connectivity index (χ1) is 9.22. The number of benzene rings is 1. The van der Waals surface area contributed by atoms with E-state index in [-0.39, 0.29) is 24.4 Å². The Kier molecular flexibility index (Phi) is 3.23. The van der Waals surface area contributed by atoms with Gasteiger partial charge in [-0.05, 0) is 55.4 Å². The molecule has 0 aliphatic heterocycles. The third-order valence-corrected chi connectivity index (χ3v) is 3.64. The van der Waals surface area contributed by atoms with Crippen LogP contribution in [0.2, 0.25) is 0 Å². The highest BCUT2D eigenvalue weighted by Gasteiger charge is 2.31. The van der Waals surface area contributed by atoms with Crippen molar-refractivity contribution in [2.24, 2.45) is 5.92 Å². The molecular formula is C15H17NO3. The van der Waals surface area contributed by atoms with Crippen LogP contribution in [0.15, 0.2) is 18.2 Å². The van der Waals surface area contributed by atoms with Crippen LogP contribution in [0.5, 0.6) is 0 Å². The van der Waals surface area contributed by atoms with Gasteiger partial charge in [0, 0.05) is 5.69 Å². The zero-order valence-corrected chi connectivity index (χ0v) is 10.8. The molecule has 1 aromatic carbocycles. The molecule has 4 nitrogen and oxygen atoms in total. The molecule has 0 atom stereocenters. The summed E-state index contributed by atoms with van der Waals surface area (Å²) in [6.07, 6.45) is 5.18. The molecule has 2 aliphatic carbocycles. The normalized spacial score (nSPS) is 16.8. The summed E-state index contributed by atoms with van der Waals surface area (Å²) >= 11 is 0. The molecule has 1 fully saturated rings. The standard InChI is InChI=1S/C15H17NO3/c17-14(9-19-15(18)11-4-5-11)16-13-7-6-10-2-1-3-12(10)8-13/h6-8,11H,1-5,9H2,(H,16,17). The van der Waals surface area contributed by atoms with Crippen LogP contribution in [0.4, 0.5) is 5.69 Å². The van der Waals surface area contributed by atoms with Crippen molar-refractivity contribution in [2.75, 3.05) is 11.9 Å². The largest absolute Gasteiger partial charge is 0.455 e. The van der Waals surface area contributed by atoms with Gasteiger partial charge in [-0.3, -0.25) is 9.59 Å². The van der Waals surface area contributed by atoms with Crippen molar-refractivity contribution < 1.29 is 14.3 Å². The Bertz CT molecular complexity index is 520. The second-order valence-electron chi connectivity index (χ2n) is 5.27. The van der Waals surface area contributed by atoms with E-state index in [0.717, 1.165) is 31.4 Å². The number of nitrogens with one attached hydrogen (secondary N) is 1. The van der Waals surface area contributed by atoms with Crippen molar-refractivity contribution in [1.29, 1.82) is 0 Å². The minimum atomic E-state index is -0.271. The molecule has 19 heavy (non-hydrogen) atoms. The monoisotopic (exact) mass is 259 g/mol. The van der Waals surface area contributed by atoms with E-state index in [9.17, 15) is 9.59 Å². The number of ether oxygens (including phenoxy) is 1. The van der Waals surface area contributed by atoms with Crippen molar-refractivity contribution in [1.82, 2.24) is 0 Å². The van der Waals surface area contributed by atoms with Crippen LogP contribution >= 0.6 is 0 Å². The topological polar surface area (TPSA) is 55.4 Å². The summed E-state index contributed by atoms with van der Waals surface area (Å²) < 4.78 is 4.94. The van der Waals surface area contributed by atoms with Gasteiger partial charge in [0.15, 0.2) is 6.61 Å². The molecule has 0 heterocycles. The van der Waals surface area contributed by atoms with E-state index in [1.807, 2.05) is 12.1 Å². The van der Waals surface area contributed by atoms with E-state index in [1.165, 1.54) is 17.5 Å². The molecule has 0 spiro atoms. The highest BCUT2D eigenvalue weighted by atomic mass is 16.5. The van der Waals surface area contributed by atoms with Crippen molar-refractivity contribution in [3.8, 4) is 0 Å². The van der Waals surface area contributed by atoms with Crippen LogP contribution in [-0.2, 0) is 27.2 Å². The summed E-state index contributed by atoms with van der Waals surface area (Å²) in [4.78, 5) is 23.0. The lowest BCUT2D eigenvalue weighted by Crippen LogP contribution is -2.21. The van der Waals surface area contributed by atoms with Gasteiger partial charge in [-0.2, -0.15) is 0 Å². The van der Waals surface area contributed by atoms with E-state index in [0.29, 0.717) is 0 Å². The fourth-order valence-corrected chi connectivity index (χ4v) is 2.42. The minimum absolute atomic E-state index is 0.0350. The van der Waals surface area contributed by atoms with E-state index in [1.54, 1.807) is 0 Å². The van der Waals surface area contributed by atoms with E-state index >= 15 is 0 Å². The molecule has 1 aromatic rings. The lowest BCUT2D eigenvalue weighted by Gasteiger charge is -2.08. The average molecular weight is 259 g/mol. The zero-order valence-electron chi connectivity index (χ0n) is 10.8. The van der Waals surface area contributed by atoms with Crippen molar-refractivity contribution in [2.45, 2.75) is 32.1 Å². The molecule has 0 bridgehead atoms. The number of hydrogen-bond acceptors (Lipinski definition) is 3. The Morgan fingerprint density at radius 3 is 2.79 bits per heavy atom. The lowest BCUT2D eigenvalue weighted by atomic mass is 10.1. The van der Waals surface area contributed by atoms with Crippen LogP contribution in [0.3, 0.4) is 0 Å². The van der Waals surface area contributed by atoms with Crippen LogP contribution in [-0.4, -0.2) is 18.5 Å². The maximum atomic E-state index is 11.7. The van der Waals surface area contributed by atoms with Gasteiger partial charge < -0.3 is 10.1 Å². The van der Waals surface area contributed by atoms with Crippen LogP contribution in [0.25, 0.3) is 0 Å². The highest BCUT2D eigenvalue weighted by molar-refractivity contribution is 5.93. The van der Waals surface area contributed by atoms with E-state index < -0.39 is 0 Å². The van der Waals surface area contributed by atoms with Crippen LogP contribution in [0, 0.1) is 5.92 Å². The summed E-state index contributed by atoms with van der Waals surface area (Å²) in [7, 11) is 0. The molecule has 4 heteroatoms. The van der Waals surface area contributed by atoms with Crippen molar-refractivity contribution in [3.05, 3.63) is 29.3 Å². The first-order valence-corrected chi connectivity index (χ1v) is 6.80. The smallest absolute Gasteiger partial charge is 0.309 e. The number of hydrogen-bond donors (Lipinski definition) is 1. The number of anilines is 1. The number of rotatable bonds is 4.